The molecule has 1 N–H and O–H groups in total. The summed E-state index contributed by atoms with van der Waals surface area (Å²) in [5.74, 6) is 1.53. The lowest BCUT2D eigenvalue weighted by molar-refractivity contribution is 0.133. The van der Waals surface area contributed by atoms with Crippen LogP contribution in [-0.4, -0.2) is 39.0 Å². The van der Waals surface area contributed by atoms with Crippen molar-refractivity contribution < 1.29 is 14.2 Å². The summed E-state index contributed by atoms with van der Waals surface area (Å²) in [5.41, 5.74) is 6.37. The molecule has 33 heavy (non-hydrogen) atoms. The fraction of sp³-hybridized carbons (Fsp3) is 0.464. The summed E-state index contributed by atoms with van der Waals surface area (Å²) in [4.78, 5) is 4.93. The van der Waals surface area contributed by atoms with E-state index in [4.69, 9.17) is 19.2 Å². The van der Waals surface area contributed by atoms with E-state index in [0.717, 1.165) is 75.3 Å². The number of para-hydroxylation sites is 1. The first kappa shape index (κ1) is 23.4. The quantitative estimate of drug-likeness (QED) is 0.346. The molecule has 2 aromatic carbocycles. The number of ether oxygens (including phenoxy) is 3. The molecule has 5 heteroatoms. The van der Waals surface area contributed by atoms with Crippen molar-refractivity contribution >= 4 is 16.6 Å². The number of aryl methyl sites for hydroxylation is 1. The fourth-order valence-corrected chi connectivity index (χ4v) is 4.62. The molecule has 0 saturated heterocycles. The molecule has 1 heterocycles. The number of anilines is 1. The van der Waals surface area contributed by atoms with Gasteiger partial charge in [-0.15, -0.1) is 0 Å². The number of hydrogen-bond acceptors (Lipinski definition) is 5. The van der Waals surface area contributed by atoms with Crippen molar-refractivity contribution in [2.45, 2.75) is 51.4 Å². The van der Waals surface area contributed by atoms with E-state index in [1.54, 1.807) is 14.2 Å². The maximum atomic E-state index is 5.86. The van der Waals surface area contributed by atoms with Crippen LogP contribution < -0.4 is 14.8 Å². The van der Waals surface area contributed by atoms with Crippen molar-refractivity contribution in [1.82, 2.24) is 4.98 Å². The van der Waals surface area contributed by atoms with Gasteiger partial charge in [0.15, 0.2) is 11.5 Å². The van der Waals surface area contributed by atoms with E-state index in [2.05, 4.69) is 35.6 Å². The largest absolute Gasteiger partial charge is 0.493 e. The number of unbranched alkanes of at least 4 members (excludes halogenated alkanes) is 2. The first-order valence-corrected chi connectivity index (χ1v) is 12.2. The van der Waals surface area contributed by atoms with Gasteiger partial charge in [-0.25, -0.2) is 0 Å². The van der Waals surface area contributed by atoms with E-state index in [1.165, 1.54) is 40.7 Å². The monoisotopic (exact) mass is 448 g/mol. The molecule has 0 unspecified atom stereocenters. The second-order valence-corrected chi connectivity index (χ2v) is 8.68. The van der Waals surface area contributed by atoms with E-state index in [9.17, 15) is 0 Å². The lowest BCUT2D eigenvalue weighted by Crippen LogP contribution is -2.12. The zero-order chi connectivity index (χ0) is 22.9. The molecular formula is C28H36N2O3. The summed E-state index contributed by atoms with van der Waals surface area (Å²) in [7, 11) is 3.32. The minimum absolute atomic E-state index is 0.725. The Kier molecular flexibility index (Phi) is 8.42. The molecule has 176 valence electrons. The van der Waals surface area contributed by atoms with E-state index in [-0.39, 0.29) is 0 Å². The first-order valence-electron chi connectivity index (χ1n) is 12.2. The van der Waals surface area contributed by atoms with E-state index >= 15 is 0 Å². The van der Waals surface area contributed by atoms with Gasteiger partial charge in [-0.05, 0) is 80.7 Å². The van der Waals surface area contributed by atoms with Gasteiger partial charge in [0.05, 0.1) is 26.3 Å². The highest BCUT2D eigenvalue weighted by molar-refractivity contribution is 5.93. The molecule has 0 atom stereocenters. The summed E-state index contributed by atoms with van der Waals surface area (Å²) in [5, 5.41) is 5.02. The van der Waals surface area contributed by atoms with Crippen molar-refractivity contribution in [3.8, 4) is 11.5 Å². The zero-order valence-corrected chi connectivity index (χ0v) is 20.0. The first-order chi connectivity index (χ1) is 16.3. The Labute approximate surface area is 197 Å². The molecule has 0 radical (unpaired) electrons. The normalized spacial score (nSPS) is 13.0. The van der Waals surface area contributed by atoms with Crippen LogP contribution in [0, 0.1) is 0 Å². The Hall–Kier alpha value is -2.79. The molecule has 4 rings (SSSR count). The van der Waals surface area contributed by atoms with Crippen LogP contribution in [0.1, 0.15) is 48.9 Å². The van der Waals surface area contributed by atoms with Crippen molar-refractivity contribution in [3.05, 3.63) is 59.3 Å². The number of hydrogen-bond donors (Lipinski definition) is 1. The number of rotatable bonds is 12. The van der Waals surface area contributed by atoms with Crippen molar-refractivity contribution in [1.29, 1.82) is 0 Å². The standard InChI is InChI=1S/C28H36N2O3/c1-31-26-15-14-21(20-27(26)32-2)16-19-33-18-9-3-8-17-29-28-22-10-4-6-12-24(22)30-25-13-7-5-11-23(25)28/h4,6,10,12,14-15,20H,3,5,7-9,11,13,16-19H2,1-2H3,(H,29,30). The Balaban J connectivity index is 1.17. The van der Waals surface area contributed by atoms with Gasteiger partial charge in [-0.2, -0.15) is 0 Å². The van der Waals surface area contributed by atoms with Crippen LogP contribution in [-0.2, 0) is 24.0 Å². The lowest BCUT2D eigenvalue weighted by atomic mass is 9.92. The van der Waals surface area contributed by atoms with Gasteiger partial charge in [0.25, 0.3) is 0 Å². The Bertz CT molecular complexity index is 1050. The topological polar surface area (TPSA) is 52.6 Å². The van der Waals surface area contributed by atoms with E-state index < -0.39 is 0 Å². The van der Waals surface area contributed by atoms with Crippen LogP contribution in [0.4, 0.5) is 5.69 Å². The highest BCUT2D eigenvalue weighted by atomic mass is 16.5. The highest BCUT2D eigenvalue weighted by Crippen LogP contribution is 2.33. The van der Waals surface area contributed by atoms with Gasteiger partial charge in [0, 0.05) is 29.9 Å². The Morgan fingerprint density at radius 2 is 1.73 bits per heavy atom. The molecule has 5 nitrogen and oxygen atoms in total. The van der Waals surface area contributed by atoms with Crippen LogP contribution in [0.2, 0.25) is 0 Å². The Morgan fingerprint density at radius 1 is 0.879 bits per heavy atom. The molecule has 0 fully saturated rings. The smallest absolute Gasteiger partial charge is 0.160 e. The number of nitrogens with zero attached hydrogens (tertiary/aromatic N) is 1. The third-order valence-corrected chi connectivity index (χ3v) is 6.42. The third kappa shape index (κ3) is 5.97. The third-order valence-electron chi connectivity index (χ3n) is 6.42. The van der Waals surface area contributed by atoms with Crippen LogP contribution >= 0.6 is 0 Å². The van der Waals surface area contributed by atoms with E-state index in [0.29, 0.717) is 0 Å². The summed E-state index contributed by atoms with van der Waals surface area (Å²) in [6.07, 6.45) is 9.04. The molecule has 0 bridgehead atoms. The number of nitrogens with one attached hydrogen (secondary N) is 1. The average molecular weight is 449 g/mol. The van der Waals surface area contributed by atoms with Gasteiger partial charge in [-0.3, -0.25) is 4.98 Å². The molecule has 1 aliphatic rings. The Morgan fingerprint density at radius 3 is 2.61 bits per heavy atom. The SMILES string of the molecule is COc1ccc(CCOCCCCCNc2c3c(nc4ccccc24)CCCC3)cc1OC. The maximum Gasteiger partial charge on any atom is 0.160 e. The van der Waals surface area contributed by atoms with Crippen LogP contribution in [0.3, 0.4) is 0 Å². The van der Waals surface area contributed by atoms with Gasteiger partial charge >= 0.3 is 0 Å². The molecular weight excluding hydrogens is 412 g/mol. The second kappa shape index (κ2) is 11.9. The van der Waals surface area contributed by atoms with Crippen molar-refractivity contribution in [3.63, 3.8) is 0 Å². The van der Waals surface area contributed by atoms with E-state index in [1.807, 2.05) is 12.1 Å². The summed E-state index contributed by atoms with van der Waals surface area (Å²) < 4.78 is 16.5. The number of pyridine rings is 1. The number of aromatic nitrogens is 1. The number of fused-ring (bicyclic) bond motifs is 2. The predicted molar refractivity (Wildman–Crippen MR) is 135 cm³/mol. The van der Waals surface area contributed by atoms with Crippen LogP contribution in [0.25, 0.3) is 10.9 Å². The van der Waals surface area contributed by atoms with Crippen LogP contribution in [0.5, 0.6) is 11.5 Å². The molecule has 0 spiro atoms. The van der Waals surface area contributed by atoms with Gasteiger partial charge < -0.3 is 19.5 Å². The minimum atomic E-state index is 0.725. The van der Waals surface area contributed by atoms with Gasteiger partial charge in [-0.1, -0.05) is 24.3 Å². The van der Waals surface area contributed by atoms with Gasteiger partial charge in [0.2, 0.25) is 0 Å². The van der Waals surface area contributed by atoms with Crippen molar-refractivity contribution in [2.24, 2.45) is 0 Å². The summed E-state index contributed by atoms with van der Waals surface area (Å²) >= 11 is 0. The molecule has 1 aliphatic carbocycles. The number of benzene rings is 2. The van der Waals surface area contributed by atoms with Crippen LogP contribution in [0.15, 0.2) is 42.5 Å². The summed E-state index contributed by atoms with van der Waals surface area (Å²) in [6.45, 7) is 2.52. The molecule has 0 saturated carbocycles. The summed E-state index contributed by atoms with van der Waals surface area (Å²) in [6, 6.07) is 14.6. The second-order valence-electron chi connectivity index (χ2n) is 8.68. The average Bonchev–Trinajstić information content (AvgIpc) is 2.86. The predicted octanol–water partition coefficient (Wildman–Crippen LogP) is 5.97. The molecule has 0 amide bonds. The lowest BCUT2D eigenvalue weighted by Gasteiger charge is -2.21. The van der Waals surface area contributed by atoms with Crippen molar-refractivity contribution in [2.75, 3.05) is 39.3 Å². The molecule has 3 aromatic rings. The zero-order valence-electron chi connectivity index (χ0n) is 20.0. The molecule has 0 aliphatic heterocycles. The van der Waals surface area contributed by atoms with Gasteiger partial charge in [0.1, 0.15) is 0 Å². The minimum Gasteiger partial charge on any atom is -0.493 e. The maximum absolute atomic E-state index is 5.86. The fourth-order valence-electron chi connectivity index (χ4n) is 4.62. The number of methoxy groups -OCH3 is 2. The highest BCUT2D eigenvalue weighted by Gasteiger charge is 2.17. The molecule has 1 aromatic heterocycles.